The highest BCUT2D eigenvalue weighted by molar-refractivity contribution is 5.99. The molecular weight excluding hydrogens is 352 g/mol. The molecule has 0 amide bonds. The van der Waals surface area contributed by atoms with Gasteiger partial charge in [-0.25, -0.2) is 0 Å². The number of phenolic OH excluding ortho intramolecular Hbond substituents is 2. The molecule has 0 unspecified atom stereocenters. The molecule has 0 saturated carbocycles. The normalized spacial score (nSPS) is 11.6. The third-order valence-corrected chi connectivity index (χ3v) is 4.15. The largest absolute Gasteiger partial charge is 0.505 e. The topological polar surface area (TPSA) is 89.9 Å². The van der Waals surface area contributed by atoms with Gasteiger partial charge in [0.2, 0.25) is 0 Å². The van der Waals surface area contributed by atoms with Gasteiger partial charge in [-0.05, 0) is 41.8 Å². The molecule has 2 N–H and O–H groups in total. The fourth-order valence-corrected chi connectivity index (χ4v) is 2.73. The monoisotopic (exact) mass is 368 g/mol. The SMILES string of the molecule is Oc1c(N=Nc2ccccc2)ccc2ccc(N=Nc3ccccc3)c(O)c12. The van der Waals surface area contributed by atoms with Crippen LogP contribution >= 0.6 is 0 Å². The zero-order valence-corrected chi connectivity index (χ0v) is 14.8. The lowest BCUT2D eigenvalue weighted by atomic mass is 10.1. The van der Waals surface area contributed by atoms with Gasteiger partial charge in [-0.3, -0.25) is 0 Å². The molecular formula is C22H16N4O2. The molecule has 4 rings (SSSR count). The Morgan fingerprint density at radius 1 is 0.464 bits per heavy atom. The average Bonchev–Trinajstić information content (AvgIpc) is 2.74. The molecule has 0 aliphatic heterocycles. The Bertz CT molecular complexity index is 1080. The van der Waals surface area contributed by atoms with Crippen LogP contribution < -0.4 is 0 Å². The molecule has 0 bridgehead atoms. The summed E-state index contributed by atoms with van der Waals surface area (Å²) in [7, 11) is 0. The molecule has 0 fully saturated rings. The third kappa shape index (κ3) is 3.57. The van der Waals surface area contributed by atoms with E-state index in [4.69, 9.17) is 0 Å². The van der Waals surface area contributed by atoms with E-state index >= 15 is 0 Å². The van der Waals surface area contributed by atoms with Crippen LogP contribution in [-0.4, -0.2) is 10.2 Å². The number of rotatable bonds is 4. The van der Waals surface area contributed by atoms with Crippen LogP contribution in [0.5, 0.6) is 11.5 Å². The summed E-state index contributed by atoms with van der Waals surface area (Å²) in [6.45, 7) is 0. The van der Waals surface area contributed by atoms with E-state index in [-0.39, 0.29) is 28.3 Å². The second-order valence-electron chi connectivity index (χ2n) is 6.04. The standard InChI is InChI=1S/C22H16N4O2/c27-21-18(25-23-16-7-3-1-4-8-16)13-11-15-12-14-19(22(28)20(15)21)26-24-17-9-5-2-6-10-17/h1-14,27-28H. The molecule has 0 atom stereocenters. The number of benzene rings is 4. The number of fused-ring (bicyclic) bond motifs is 1. The van der Waals surface area contributed by atoms with Gasteiger partial charge in [0, 0.05) is 0 Å². The number of aromatic hydroxyl groups is 2. The second-order valence-corrected chi connectivity index (χ2v) is 6.04. The van der Waals surface area contributed by atoms with E-state index in [2.05, 4.69) is 20.5 Å². The Morgan fingerprint density at radius 3 is 1.32 bits per heavy atom. The predicted octanol–water partition coefficient (Wildman–Crippen LogP) is 7.08. The van der Waals surface area contributed by atoms with Crippen molar-refractivity contribution in [1.82, 2.24) is 0 Å². The maximum Gasteiger partial charge on any atom is 0.154 e. The van der Waals surface area contributed by atoms with Crippen molar-refractivity contribution in [3.8, 4) is 11.5 Å². The van der Waals surface area contributed by atoms with Gasteiger partial charge in [-0.15, -0.1) is 10.2 Å². The van der Waals surface area contributed by atoms with Crippen molar-refractivity contribution in [2.45, 2.75) is 0 Å². The number of phenols is 2. The minimum Gasteiger partial charge on any atom is -0.505 e. The van der Waals surface area contributed by atoms with Crippen molar-refractivity contribution in [3.63, 3.8) is 0 Å². The molecule has 0 aromatic heterocycles. The quantitative estimate of drug-likeness (QED) is 0.377. The van der Waals surface area contributed by atoms with Gasteiger partial charge in [0.1, 0.15) is 11.4 Å². The molecule has 28 heavy (non-hydrogen) atoms. The van der Waals surface area contributed by atoms with Crippen molar-refractivity contribution in [2.75, 3.05) is 0 Å². The van der Waals surface area contributed by atoms with Gasteiger partial charge in [-0.2, -0.15) is 10.2 Å². The highest BCUT2D eigenvalue weighted by atomic mass is 16.3. The van der Waals surface area contributed by atoms with E-state index in [0.717, 1.165) is 0 Å². The van der Waals surface area contributed by atoms with E-state index in [9.17, 15) is 10.2 Å². The van der Waals surface area contributed by atoms with Crippen molar-refractivity contribution in [3.05, 3.63) is 84.9 Å². The average molecular weight is 368 g/mol. The molecule has 4 aromatic rings. The van der Waals surface area contributed by atoms with Crippen LogP contribution in [0.2, 0.25) is 0 Å². The minimum atomic E-state index is -0.161. The zero-order chi connectivity index (χ0) is 19.3. The van der Waals surface area contributed by atoms with Crippen molar-refractivity contribution >= 4 is 33.5 Å². The van der Waals surface area contributed by atoms with Gasteiger partial charge >= 0.3 is 0 Å². The fourth-order valence-electron chi connectivity index (χ4n) is 2.73. The maximum absolute atomic E-state index is 10.6. The highest BCUT2D eigenvalue weighted by Gasteiger charge is 2.13. The summed E-state index contributed by atoms with van der Waals surface area (Å²) in [5.41, 5.74) is 1.83. The molecule has 0 aliphatic carbocycles. The molecule has 0 heterocycles. The summed E-state index contributed by atoms with van der Waals surface area (Å²) in [5, 5.41) is 38.6. The summed E-state index contributed by atoms with van der Waals surface area (Å²) >= 11 is 0. The van der Waals surface area contributed by atoms with E-state index < -0.39 is 0 Å². The van der Waals surface area contributed by atoms with Gasteiger partial charge in [0.15, 0.2) is 11.5 Å². The lowest BCUT2D eigenvalue weighted by Gasteiger charge is -2.07. The van der Waals surface area contributed by atoms with Crippen LogP contribution in [-0.2, 0) is 0 Å². The first kappa shape index (κ1) is 17.4. The van der Waals surface area contributed by atoms with E-state index in [1.54, 1.807) is 48.5 Å². The second kappa shape index (κ2) is 7.67. The first-order chi connectivity index (χ1) is 13.7. The fraction of sp³-hybridized carbons (Fsp3) is 0. The first-order valence-electron chi connectivity index (χ1n) is 8.63. The number of nitrogens with zero attached hydrogens (tertiary/aromatic N) is 4. The van der Waals surface area contributed by atoms with Crippen molar-refractivity contribution in [2.24, 2.45) is 20.5 Å². The Labute approximate surface area is 161 Å². The molecule has 6 nitrogen and oxygen atoms in total. The zero-order valence-electron chi connectivity index (χ0n) is 14.8. The lowest BCUT2D eigenvalue weighted by Crippen LogP contribution is -1.78. The van der Waals surface area contributed by atoms with Gasteiger partial charge in [-0.1, -0.05) is 48.5 Å². The van der Waals surface area contributed by atoms with Crippen LogP contribution in [0.3, 0.4) is 0 Å². The maximum atomic E-state index is 10.6. The lowest BCUT2D eigenvalue weighted by molar-refractivity contribution is 0.465. The number of hydrogen-bond donors (Lipinski definition) is 2. The molecule has 0 radical (unpaired) electrons. The summed E-state index contributed by atoms with van der Waals surface area (Å²) in [6, 6.07) is 25.2. The highest BCUT2D eigenvalue weighted by Crippen LogP contribution is 2.44. The number of azo groups is 2. The summed E-state index contributed by atoms with van der Waals surface area (Å²) in [6.07, 6.45) is 0. The molecule has 0 aliphatic rings. The van der Waals surface area contributed by atoms with Gasteiger partial charge < -0.3 is 10.2 Å². The van der Waals surface area contributed by atoms with Gasteiger partial charge in [0.05, 0.1) is 16.8 Å². The minimum absolute atomic E-state index is 0.161. The van der Waals surface area contributed by atoms with Crippen LogP contribution in [0, 0.1) is 0 Å². The Balaban J connectivity index is 1.73. The van der Waals surface area contributed by atoms with E-state index in [1.807, 2.05) is 36.4 Å². The Kier molecular flexibility index (Phi) is 4.76. The number of hydrogen-bond acceptors (Lipinski definition) is 6. The van der Waals surface area contributed by atoms with Crippen LogP contribution in [0.25, 0.3) is 10.8 Å². The molecule has 4 aromatic carbocycles. The van der Waals surface area contributed by atoms with E-state index in [0.29, 0.717) is 16.8 Å². The summed E-state index contributed by atoms with van der Waals surface area (Å²) in [5.74, 6) is -0.321. The Morgan fingerprint density at radius 2 is 0.893 bits per heavy atom. The van der Waals surface area contributed by atoms with Crippen molar-refractivity contribution in [1.29, 1.82) is 0 Å². The van der Waals surface area contributed by atoms with E-state index in [1.165, 1.54) is 0 Å². The van der Waals surface area contributed by atoms with Crippen LogP contribution in [0.1, 0.15) is 0 Å². The Hall–Kier alpha value is -4.06. The molecule has 0 spiro atoms. The molecule has 6 heteroatoms. The summed E-state index contributed by atoms with van der Waals surface area (Å²) < 4.78 is 0. The molecule has 136 valence electrons. The van der Waals surface area contributed by atoms with Gasteiger partial charge in [0.25, 0.3) is 0 Å². The van der Waals surface area contributed by atoms with Crippen LogP contribution in [0.15, 0.2) is 105 Å². The summed E-state index contributed by atoms with van der Waals surface area (Å²) in [4.78, 5) is 0. The first-order valence-corrected chi connectivity index (χ1v) is 8.63. The third-order valence-electron chi connectivity index (χ3n) is 4.15. The predicted molar refractivity (Wildman–Crippen MR) is 109 cm³/mol. The van der Waals surface area contributed by atoms with Crippen LogP contribution in [0.4, 0.5) is 22.7 Å². The molecule has 0 saturated heterocycles. The van der Waals surface area contributed by atoms with Crippen molar-refractivity contribution < 1.29 is 10.2 Å². The smallest absolute Gasteiger partial charge is 0.154 e.